The standard InChI is InChI=1S/C15H19N3O/c1-12-6-8-18(11-12)9-7-15(19)17-14-5-3-2-4-13(14)10-16/h2-5,12H,6-9,11H2,1H3,(H,17,19). The van der Waals surface area contributed by atoms with Gasteiger partial charge in [0.05, 0.1) is 11.3 Å². The van der Waals surface area contributed by atoms with Crippen molar-refractivity contribution in [1.29, 1.82) is 5.26 Å². The molecule has 0 saturated carbocycles. The molecule has 0 aliphatic carbocycles. The third-order valence-corrected chi connectivity index (χ3v) is 3.48. The van der Waals surface area contributed by atoms with Crippen molar-refractivity contribution in [2.75, 3.05) is 25.0 Å². The van der Waals surface area contributed by atoms with E-state index in [0.29, 0.717) is 17.7 Å². The van der Waals surface area contributed by atoms with Crippen LogP contribution in [-0.4, -0.2) is 30.4 Å². The number of nitrogens with zero attached hydrogens (tertiary/aromatic N) is 2. The molecule has 0 radical (unpaired) electrons. The number of benzene rings is 1. The maximum absolute atomic E-state index is 11.9. The first-order chi connectivity index (χ1) is 9.19. The van der Waals surface area contributed by atoms with Crippen LogP contribution in [0.3, 0.4) is 0 Å². The van der Waals surface area contributed by atoms with Crippen molar-refractivity contribution in [2.45, 2.75) is 19.8 Å². The summed E-state index contributed by atoms with van der Waals surface area (Å²) in [5, 5.41) is 11.8. The Labute approximate surface area is 114 Å². The molecule has 100 valence electrons. The topological polar surface area (TPSA) is 56.1 Å². The number of hydrogen-bond acceptors (Lipinski definition) is 3. The van der Waals surface area contributed by atoms with Gasteiger partial charge in [-0.05, 0) is 31.0 Å². The molecule has 0 aromatic heterocycles. The summed E-state index contributed by atoms with van der Waals surface area (Å²) in [5.41, 5.74) is 1.11. The minimum Gasteiger partial charge on any atom is -0.325 e. The normalized spacial score (nSPS) is 19.1. The molecule has 2 rings (SSSR count). The van der Waals surface area contributed by atoms with Gasteiger partial charge in [0.2, 0.25) is 5.91 Å². The average Bonchev–Trinajstić information content (AvgIpc) is 2.83. The van der Waals surface area contributed by atoms with Crippen LogP contribution in [0.2, 0.25) is 0 Å². The molecule has 1 N–H and O–H groups in total. The third kappa shape index (κ3) is 3.80. The van der Waals surface area contributed by atoms with Crippen molar-refractivity contribution in [2.24, 2.45) is 5.92 Å². The summed E-state index contributed by atoms with van der Waals surface area (Å²) in [5.74, 6) is 0.713. The monoisotopic (exact) mass is 257 g/mol. The fourth-order valence-corrected chi connectivity index (χ4v) is 2.39. The quantitative estimate of drug-likeness (QED) is 0.900. The summed E-state index contributed by atoms with van der Waals surface area (Å²) in [6, 6.07) is 9.15. The van der Waals surface area contributed by atoms with Crippen molar-refractivity contribution in [3.8, 4) is 6.07 Å². The van der Waals surface area contributed by atoms with Crippen LogP contribution in [0.15, 0.2) is 24.3 Å². The Morgan fingerprint density at radius 3 is 3.00 bits per heavy atom. The molecule has 1 heterocycles. The molecule has 1 atom stereocenters. The van der Waals surface area contributed by atoms with Crippen LogP contribution in [0.4, 0.5) is 5.69 Å². The lowest BCUT2D eigenvalue weighted by Crippen LogP contribution is -2.25. The van der Waals surface area contributed by atoms with Crippen LogP contribution in [-0.2, 0) is 4.79 Å². The van der Waals surface area contributed by atoms with Gasteiger partial charge in [0.15, 0.2) is 0 Å². The fourth-order valence-electron chi connectivity index (χ4n) is 2.39. The highest BCUT2D eigenvalue weighted by Gasteiger charge is 2.18. The maximum Gasteiger partial charge on any atom is 0.225 e. The molecule has 1 amide bonds. The van der Waals surface area contributed by atoms with Crippen LogP contribution in [0.25, 0.3) is 0 Å². The predicted octanol–water partition coefficient (Wildman–Crippen LogP) is 2.23. The van der Waals surface area contributed by atoms with Crippen LogP contribution in [0.1, 0.15) is 25.3 Å². The van der Waals surface area contributed by atoms with Crippen molar-refractivity contribution in [1.82, 2.24) is 4.90 Å². The Morgan fingerprint density at radius 1 is 1.53 bits per heavy atom. The van der Waals surface area contributed by atoms with Gasteiger partial charge in [0.25, 0.3) is 0 Å². The Hall–Kier alpha value is -1.86. The zero-order valence-corrected chi connectivity index (χ0v) is 11.2. The van der Waals surface area contributed by atoms with Crippen molar-refractivity contribution < 1.29 is 4.79 Å². The first-order valence-electron chi connectivity index (χ1n) is 6.70. The van der Waals surface area contributed by atoms with Gasteiger partial charge in [-0.15, -0.1) is 0 Å². The van der Waals surface area contributed by atoms with Gasteiger partial charge >= 0.3 is 0 Å². The molecule has 1 aliphatic rings. The highest BCUT2D eigenvalue weighted by atomic mass is 16.1. The number of nitriles is 1. The fraction of sp³-hybridized carbons (Fsp3) is 0.467. The van der Waals surface area contributed by atoms with Gasteiger partial charge in [-0.25, -0.2) is 0 Å². The molecule has 1 saturated heterocycles. The van der Waals surface area contributed by atoms with E-state index < -0.39 is 0 Å². The Kier molecular flexibility index (Phi) is 4.53. The van der Waals surface area contributed by atoms with Crippen LogP contribution >= 0.6 is 0 Å². The zero-order valence-electron chi connectivity index (χ0n) is 11.2. The minimum absolute atomic E-state index is 0.0257. The SMILES string of the molecule is CC1CCN(CCC(=O)Nc2ccccc2C#N)C1. The molecule has 0 bridgehead atoms. The second kappa shape index (κ2) is 6.35. The lowest BCUT2D eigenvalue weighted by Gasteiger charge is -2.14. The van der Waals surface area contributed by atoms with E-state index in [4.69, 9.17) is 5.26 Å². The number of carbonyl (C=O) groups is 1. The predicted molar refractivity (Wildman–Crippen MR) is 74.6 cm³/mol. The molecule has 1 aliphatic heterocycles. The van der Waals surface area contributed by atoms with E-state index in [1.165, 1.54) is 6.42 Å². The van der Waals surface area contributed by atoms with E-state index in [1.54, 1.807) is 18.2 Å². The Balaban J connectivity index is 1.83. The summed E-state index contributed by atoms with van der Waals surface area (Å²) >= 11 is 0. The number of likely N-dealkylation sites (tertiary alicyclic amines) is 1. The largest absolute Gasteiger partial charge is 0.325 e. The van der Waals surface area contributed by atoms with E-state index >= 15 is 0 Å². The number of anilines is 1. The lowest BCUT2D eigenvalue weighted by molar-refractivity contribution is -0.116. The van der Waals surface area contributed by atoms with E-state index in [0.717, 1.165) is 25.6 Å². The number of para-hydroxylation sites is 1. The number of rotatable bonds is 4. The molecule has 1 aromatic carbocycles. The molecule has 1 aromatic rings. The van der Waals surface area contributed by atoms with Gasteiger partial charge in [-0.3, -0.25) is 4.79 Å². The van der Waals surface area contributed by atoms with Gasteiger partial charge < -0.3 is 10.2 Å². The minimum atomic E-state index is -0.0257. The number of carbonyl (C=O) groups excluding carboxylic acids is 1. The summed E-state index contributed by atoms with van der Waals surface area (Å²) in [6.45, 7) is 5.21. The molecule has 4 nitrogen and oxygen atoms in total. The first-order valence-corrected chi connectivity index (χ1v) is 6.70. The zero-order chi connectivity index (χ0) is 13.7. The molecule has 19 heavy (non-hydrogen) atoms. The second-order valence-electron chi connectivity index (χ2n) is 5.15. The smallest absolute Gasteiger partial charge is 0.225 e. The molecule has 1 unspecified atom stereocenters. The molecule has 4 heteroatoms. The van der Waals surface area contributed by atoms with E-state index in [-0.39, 0.29) is 5.91 Å². The Morgan fingerprint density at radius 2 is 2.32 bits per heavy atom. The van der Waals surface area contributed by atoms with Gasteiger partial charge in [0, 0.05) is 19.5 Å². The average molecular weight is 257 g/mol. The summed E-state index contributed by atoms with van der Waals surface area (Å²) in [4.78, 5) is 14.2. The highest BCUT2D eigenvalue weighted by molar-refractivity contribution is 5.92. The number of nitrogens with one attached hydrogen (secondary N) is 1. The molecule has 1 fully saturated rings. The molecular weight excluding hydrogens is 238 g/mol. The Bertz CT molecular complexity index is 492. The maximum atomic E-state index is 11.9. The van der Waals surface area contributed by atoms with E-state index in [2.05, 4.69) is 23.2 Å². The summed E-state index contributed by atoms with van der Waals surface area (Å²) in [6.07, 6.45) is 1.70. The second-order valence-corrected chi connectivity index (χ2v) is 5.15. The lowest BCUT2D eigenvalue weighted by atomic mass is 10.2. The summed E-state index contributed by atoms with van der Waals surface area (Å²) in [7, 11) is 0. The number of hydrogen-bond donors (Lipinski definition) is 1. The van der Waals surface area contributed by atoms with Crippen molar-refractivity contribution in [3.63, 3.8) is 0 Å². The van der Waals surface area contributed by atoms with Crippen molar-refractivity contribution in [3.05, 3.63) is 29.8 Å². The first kappa shape index (κ1) is 13.6. The van der Waals surface area contributed by atoms with Gasteiger partial charge in [-0.2, -0.15) is 5.26 Å². The van der Waals surface area contributed by atoms with Crippen LogP contribution in [0.5, 0.6) is 0 Å². The van der Waals surface area contributed by atoms with Gasteiger partial charge in [-0.1, -0.05) is 19.1 Å². The molecule has 0 spiro atoms. The van der Waals surface area contributed by atoms with Crippen molar-refractivity contribution >= 4 is 11.6 Å². The van der Waals surface area contributed by atoms with E-state index in [9.17, 15) is 4.79 Å². The van der Waals surface area contributed by atoms with Crippen LogP contribution < -0.4 is 5.32 Å². The summed E-state index contributed by atoms with van der Waals surface area (Å²) < 4.78 is 0. The van der Waals surface area contributed by atoms with Crippen LogP contribution in [0, 0.1) is 17.2 Å². The number of amides is 1. The highest BCUT2D eigenvalue weighted by Crippen LogP contribution is 2.16. The van der Waals surface area contributed by atoms with Gasteiger partial charge in [0.1, 0.15) is 6.07 Å². The molecular formula is C15H19N3O. The van der Waals surface area contributed by atoms with E-state index in [1.807, 2.05) is 6.07 Å². The third-order valence-electron chi connectivity index (χ3n) is 3.48.